The standard InChI is InChI=1S/C14H20O4/c1-12(10-18-11-17-9-8-15-2)13-4-6-14(16-3)7-5-13/h4-7H,1,8-11H2,2-3H3. The number of ether oxygens (including phenoxy) is 4. The van der Waals surface area contributed by atoms with E-state index in [2.05, 4.69) is 6.58 Å². The molecule has 1 aromatic rings. The Morgan fingerprint density at radius 3 is 2.39 bits per heavy atom. The van der Waals surface area contributed by atoms with Crippen LogP contribution in [0.4, 0.5) is 0 Å². The van der Waals surface area contributed by atoms with Crippen LogP contribution in [-0.4, -0.2) is 40.8 Å². The fourth-order valence-corrected chi connectivity index (χ4v) is 1.34. The number of hydrogen-bond donors (Lipinski definition) is 0. The van der Waals surface area contributed by atoms with Crippen molar-refractivity contribution in [1.29, 1.82) is 0 Å². The Bertz CT molecular complexity index is 345. The van der Waals surface area contributed by atoms with E-state index in [1.54, 1.807) is 14.2 Å². The van der Waals surface area contributed by atoms with Crippen LogP contribution in [0.25, 0.3) is 5.57 Å². The third-order valence-corrected chi connectivity index (χ3v) is 2.37. The lowest BCUT2D eigenvalue weighted by molar-refractivity contribution is -0.0555. The van der Waals surface area contributed by atoms with Crippen molar-refractivity contribution in [2.45, 2.75) is 0 Å². The third-order valence-electron chi connectivity index (χ3n) is 2.37. The Labute approximate surface area is 108 Å². The maximum absolute atomic E-state index is 5.34. The van der Waals surface area contributed by atoms with Gasteiger partial charge >= 0.3 is 0 Å². The molecular formula is C14H20O4. The predicted octanol–water partition coefficient (Wildman–Crippen LogP) is 2.35. The zero-order valence-electron chi connectivity index (χ0n) is 11.0. The van der Waals surface area contributed by atoms with E-state index in [1.165, 1.54) is 0 Å². The third kappa shape index (κ3) is 5.31. The molecule has 0 spiro atoms. The number of hydrogen-bond acceptors (Lipinski definition) is 4. The molecule has 0 fully saturated rings. The van der Waals surface area contributed by atoms with Crippen LogP contribution in [0.3, 0.4) is 0 Å². The van der Waals surface area contributed by atoms with E-state index in [0.717, 1.165) is 16.9 Å². The maximum Gasteiger partial charge on any atom is 0.147 e. The monoisotopic (exact) mass is 252 g/mol. The van der Waals surface area contributed by atoms with Gasteiger partial charge in [0.2, 0.25) is 0 Å². The molecule has 0 saturated heterocycles. The summed E-state index contributed by atoms with van der Waals surface area (Å²) in [5, 5.41) is 0. The molecule has 0 N–H and O–H groups in total. The summed E-state index contributed by atoms with van der Waals surface area (Å²) in [6, 6.07) is 7.71. The fourth-order valence-electron chi connectivity index (χ4n) is 1.34. The lowest BCUT2D eigenvalue weighted by Crippen LogP contribution is -2.07. The largest absolute Gasteiger partial charge is 0.497 e. The van der Waals surface area contributed by atoms with Crippen LogP contribution in [0.2, 0.25) is 0 Å². The van der Waals surface area contributed by atoms with Crippen LogP contribution < -0.4 is 4.74 Å². The first-order chi connectivity index (χ1) is 8.77. The Morgan fingerprint density at radius 2 is 1.78 bits per heavy atom. The number of benzene rings is 1. The molecule has 100 valence electrons. The molecule has 0 aromatic heterocycles. The van der Waals surface area contributed by atoms with Gasteiger partial charge in [-0.2, -0.15) is 0 Å². The highest BCUT2D eigenvalue weighted by Crippen LogP contribution is 2.17. The Balaban J connectivity index is 2.23. The summed E-state index contributed by atoms with van der Waals surface area (Å²) in [5.41, 5.74) is 1.95. The summed E-state index contributed by atoms with van der Waals surface area (Å²) in [5.74, 6) is 0.829. The van der Waals surface area contributed by atoms with Gasteiger partial charge in [-0.1, -0.05) is 18.7 Å². The van der Waals surface area contributed by atoms with E-state index in [1.807, 2.05) is 24.3 Å². The van der Waals surface area contributed by atoms with Crippen LogP contribution >= 0.6 is 0 Å². The molecule has 1 rings (SSSR count). The van der Waals surface area contributed by atoms with Crippen molar-refractivity contribution < 1.29 is 18.9 Å². The van der Waals surface area contributed by atoms with E-state index >= 15 is 0 Å². The molecule has 0 atom stereocenters. The first-order valence-corrected chi connectivity index (χ1v) is 5.74. The molecule has 0 unspecified atom stereocenters. The summed E-state index contributed by atoms with van der Waals surface area (Å²) in [7, 11) is 3.28. The van der Waals surface area contributed by atoms with Gasteiger partial charge in [0.05, 0.1) is 26.9 Å². The molecule has 18 heavy (non-hydrogen) atoms. The van der Waals surface area contributed by atoms with Crippen molar-refractivity contribution in [1.82, 2.24) is 0 Å². The van der Waals surface area contributed by atoms with Crippen molar-refractivity contribution in [3.05, 3.63) is 36.4 Å². The smallest absolute Gasteiger partial charge is 0.147 e. The molecule has 0 aliphatic carbocycles. The van der Waals surface area contributed by atoms with Gasteiger partial charge in [0.15, 0.2) is 0 Å². The predicted molar refractivity (Wildman–Crippen MR) is 70.7 cm³/mol. The Morgan fingerprint density at radius 1 is 1.06 bits per heavy atom. The van der Waals surface area contributed by atoms with E-state index in [4.69, 9.17) is 18.9 Å². The molecule has 0 aliphatic heterocycles. The average molecular weight is 252 g/mol. The second-order valence-corrected chi connectivity index (χ2v) is 3.70. The van der Waals surface area contributed by atoms with E-state index in [9.17, 15) is 0 Å². The minimum atomic E-state index is 0.249. The van der Waals surface area contributed by atoms with Gasteiger partial charge in [0, 0.05) is 7.11 Å². The molecule has 0 radical (unpaired) electrons. The summed E-state index contributed by atoms with van der Waals surface area (Å²) in [6.45, 7) is 5.77. The van der Waals surface area contributed by atoms with Crippen LogP contribution in [0, 0.1) is 0 Å². The van der Waals surface area contributed by atoms with Crippen LogP contribution in [-0.2, 0) is 14.2 Å². The van der Waals surface area contributed by atoms with E-state index in [0.29, 0.717) is 19.8 Å². The quantitative estimate of drug-likeness (QED) is 0.499. The molecule has 4 heteroatoms. The van der Waals surface area contributed by atoms with Crippen molar-refractivity contribution in [2.75, 3.05) is 40.8 Å². The van der Waals surface area contributed by atoms with Crippen LogP contribution in [0.1, 0.15) is 5.56 Å². The molecular weight excluding hydrogens is 232 g/mol. The van der Waals surface area contributed by atoms with Gasteiger partial charge in [-0.15, -0.1) is 0 Å². The topological polar surface area (TPSA) is 36.9 Å². The molecule has 0 bridgehead atoms. The highest BCUT2D eigenvalue weighted by atomic mass is 16.7. The summed E-state index contributed by atoms with van der Waals surface area (Å²) in [4.78, 5) is 0. The van der Waals surface area contributed by atoms with Crippen LogP contribution in [0.5, 0.6) is 5.75 Å². The average Bonchev–Trinajstić information content (AvgIpc) is 2.42. The second kappa shape index (κ2) is 8.69. The van der Waals surface area contributed by atoms with Crippen molar-refractivity contribution in [2.24, 2.45) is 0 Å². The van der Waals surface area contributed by atoms with Crippen LogP contribution in [0.15, 0.2) is 30.8 Å². The minimum absolute atomic E-state index is 0.249. The summed E-state index contributed by atoms with van der Waals surface area (Å²) < 4.78 is 20.5. The van der Waals surface area contributed by atoms with Crippen molar-refractivity contribution in [3.8, 4) is 5.75 Å². The number of methoxy groups -OCH3 is 2. The molecule has 1 aromatic carbocycles. The lowest BCUT2D eigenvalue weighted by Gasteiger charge is -2.08. The summed E-state index contributed by atoms with van der Waals surface area (Å²) >= 11 is 0. The molecule has 0 aliphatic rings. The number of rotatable bonds is 9. The normalized spacial score (nSPS) is 10.3. The zero-order chi connectivity index (χ0) is 13.2. The minimum Gasteiger partial charge on any atom is -0.497 e. The fraction of sp³-hybridized carbons (Fsp3) is 0.429. The first-order valence-electron chi connectivity index (χ1n) is 5.74. The van der Waals surface area contributed by atoms with Crippen molar-refractivity contribution >= 4 is 5.57 Å². The first kappa shape index (κ1) is 14.7. The second-order valence-electron chi connectivity index (χ2n) is 3.70. The summed E-state index contributed by atoms with van der Waals surface area (Å²) in [6.07, 6.45) is 0. The SMILES string of the molecule is C=C(COCOCCOC)c1ccc(OC)cc1. The molecule has 0 saturated carbocycles. The van der Waals surface area contributed by atoms with Gasteiger partial charge < -0.3 is 18.9 Å². The molecule has 0 heterocycles. The zero-order valence-corrected chi connectivity index (χ0v) is 11.0. The van der Waals surface area contributed by atoms with E-state index < -0.39 is 0 Å². The van der Waals surface area contributed by atoms with Gasteiger partial charge in [-0.3, -0.25) is 0 Å². The van der Waals surface area contributed by atoms with Gasteiger partial charge in [0.25, 0.3) is 0 Å². The Kier molecular flexibility index (Phi) is 7.10. The molecule has 4 nitrogen and oxygen atoms in total. The Hall–Kier alpha value is -1.36. The van der Waals surface area contributed by atoms with Gasteiger partial charge in [-0.25, -0.2) is 0 Å². The lowest BCUT2D eigenvalue weighted by atomic mass is 10.1. The van der Waals surface area contributed by atoms with Crippen molar-refractivity contribution in [3.63, 3.8) is 0 Å². The maximum atomic E-state index is 5.34. The van der Waals surface area contributed by atoms with Gasteiger partial charge in [-0.05, 0) is 23.3 Å². The highest BCUT2D eigenvalue weighted by molar-refractivity contribution is 5.64. The highest BCUT2D eigenvalue weighted by Gasteiger charge is 2.00. The van der Waals surface area contributed by atoms with Gasteiger partial charge in [0.1, 0.15) is 12.5 Å². The van der Waals surface area contributed by atoms with E-state index in [-0.39, 0.29) is 6.79 Å². The molecule has 0 amide bonds.